The molecule has 5 rings (SSSR count). The van der Waals surface area contributed by atoms with Crippen molar-refractivity contribution in [1.82, 2.24) is 9.55 Å². The Hall–Kier alpha value is -0.930. The molecule has 28 heavy (non-hydrogen) atoms. The highest BCUT2D eigenvalue weighted by atomic mass is 32.2. The first-order chi connectivity index (χ1) is 13.8. The third-order valence-corrected chi connectivity index (χ3v) is 8.11. The van der Waals surface area contributed by atoms with Crippen LogP contribution < -0.4 is 5.56 Å². The third kappa shape index (κ3) is 3.77. The lowest BCUT2D eigenvalue weighted by Gasteiger charge is -2.23. The molecule has 2 saturated heterocycles. The van der Waals surface area contributed by atoms with E-state index < -0.39 is 0 Å². The molecule has 152 valence electrons. The number of aromatic nitrogens is 2. The molecular formula is C20H26N2O4S2. The van der Waals surface area contributed by atoms with E-state index in [0.717, 1.165) is 66.4 Å². The van der Waals surface area contributed by atoms with Crippen molar-refractivity contribution in [3.63, 3.8) is 0 Å². The molecule has 3 aliphatic rings. The molecule has 2 atom stereocenters. The van der Waals surface area contributed by atoms with Crippen LogP contribution in [0.1, 0.15) is 42.5 Å². The molecule has 0 spiro atoms. The van der Waals surface area contributed by atoms with Gasteiger partial charge in [0.2, 0.25) is 0 Å². The van der Waals surface area contributed by atoms with Crippen molar-refractivity contribution in [2.75, 3.05) is 25.8 Å². The molecule has 2 aromatic heterocycles. The monoisotopic (exact) mass is 422 g/mol. The smallest absolute Gasteiger partial charge is 0.263 e. The van der Waals surface area contributed by atoms with Gasteiger partial charge in [0.1, 0.15) is 11.6 Å². The highest BCUT2D eigenvalue weighted by molar-refractivity contribution is 7.99. The third-order valence-electron chi connectivity index (χ3n) is 5.82. The van der Waals surface area contributed by atoms with Crippen LogP contribution in [-0.4, -0.2) is 47.5 Å². The Morgan fingerprint density at radius 2 is 2.04 bits per heavy atom. The molecule has 0 amide bonds. The number of hydrogen-bond donors (Lipinski definition) is 0. The second-order valence-corrected chi connectivity index (χ2v) is 9.82. The van der Waals surface area contributed by atoms with E-state index in [-0.39, 0.29) is 17.8 Å². The Balaban J connectivity index is 1.50. The Morgan fingerprint density at radius 3 is 2.86 bits per heavy atom. The molecule has 2 aromatic rings. The Kier molecular flexibility index (Phi) is 5.74. The second-order valence-electron chi connectivity index (χ2n) is 7.75. The van der Waals surface area contributed by atoms with Crippen molar-refractivity contribution in [3.8, 4) is 0 Å². The van der Waals surface area contributed by atoms with E-state index in [9.17, 15) is 4.79 Å². The minimum absolute atomic E-state index is 0.116. The van der Waals surface area contributed by atoms with Gasteiger partial charge in [0, 0.05) is 17.2 Å². The molecule has 0 bridgehead atoms. The molecule has 0 N–H and O–H groups in total. The summed E-state index contributed by atoms with van der Waals surface area (Å²) in [6.45, 7) is 2.49. The minimum atomic E-state index is 0.116. The minimum Gasteiger partial charge on any atom is -0.376 e. The summed E-state index contributed by atoms with van der Waals surface area (Å²) in [6, 6.07) is 0. The lowest BCUT2D eigenvalue weighted by molar-refractivity contribution is -0.130. The fourth-order valence-electron chi connectivity index (χ4n) is 4.28. The maximum atomic E-state index is 13.5. The molecule has 8 heteroatoms. The summed E-state index contributed by atoms with van der Waals surface area (Å²) in [4.78, 5) is 20.8. The highest BCUT2D eigenvalue weighted by Crippen LogP contribution is 2.35. The van der Waals surface area contributed by atoms with Crippen molar-refractivity contribution in [3.05, 3.63) is 20.8 Å². The predicted octanol–water partition coefficient (Wildman–Crippen LogP) is 3.37. The Morgan fingerprint density at radius 1 is 1.11 bits per heavy atom. The number of ether oxygens (including phenoxy) is 3. The van der Waals surface area contributed by atoms with Crippen LogP contribution in [-0.2, 0) is 33.6 Å². The molecule has 6 nitrogen and oxygen atoms in total. The van der Waals surface area contributed by atoms with E-state index >= 15 is 0 Å². The van der Waals surface area contributed by atoms with Gasteiger partial charge >= 0.3 is 0 Å². The summed E-state index contributed by atoms with van der Waals surface area (Å²) >= 11 is 3.35. The number of thioether (sulfide) groups is 1. The summed E-state index contributed by atoms with van der Waals surface area (Å²) < 4.78 is 18.7. The Bertz CT molecular complexity index is 898. The van der Waals surface area contributed by atoms with Gasteiger partial charge in [-0.25, -0.2) is 4.98 Å². The van der Waals surface area contributed by atoms with Gasteiger partial charge in [-0.2, -0.15) is 0 Å². The number of nitrogens with zero attached hydrogens (tertiary/aromatic N) is 2. The zero-order chi connectivity index (χ0) is 18.9. The van der Waals surface area contributed by atoms with Gasteiger partial charge in [0.15, 0.2) is 5.16 Å². The first-order valence-electron chi connectivity index (χ1n) is 10.3. The van der Waals surface area contributed by atoms with Gasteiger partial charge in [0.05, 0.1) is 30.7 Å². The number of thiophene rings is 1. The first-order valence-corrected chi connectivity index (χ1v) is 12.1. The summed E-state index contributed by atoms with van der Waals surface area (Å²) in [5.41, 5.74) is 1.38. The highest BCUT2D eigenvalue weighted by Gasteiger charge is 2.25. The largest absolute Gasteiger partial charge is 0.376 e. The van der Waals surface area contributed by atoms with E-state index in [1.807, 2.05) is 4.57 Å². The normalized spacial score (nSPS) is 25.3. The van der Waals surface area contributed by atoms with Gasteiger partial charge in [-0.05, 0) is 50.5 Å². The molecule has 0 radical (unpaired) electrons. The Labute approximate surface area is 172 Å². The van der Waals surface area contributed by atoms with Crippen LogP contribution in [0, 0.1) is 0 Å². The summed E-state index contributed by atoms with van der Waals surface area (Å²) in [5.74, 6) is 0.790. The van der Waals surface area contributed by atoms with Gasteiger partial charge in [-0.15, -0.1) is 11.3 Å². The van der Waals surface area contributed by atoms with Crippen LogP contribution >= 0.6 is 23.1 Å². The molecule has 0 aromatic carbocycles. The van der Waals surface area contributed by atoms with Crippen LogP contribution in [0.25, 0.3) is 10.2 Å². The zero-order valence-electron chi connectivity index (χ0n) is 16.0. The maximum absolute atomic E-state index is 13.5. The van der Waals surface area contributed by atoms with Gasteiger partial charge < -0.3 is 14.2 Å². The average molecular weight is 423 g/mol. The van der Waals surface area contributed by atoms with Crippen LogP contribution in [0.5, 0.6) is 0 Å². The SMILES string of the molecule is O=c1c2c3c(sc2nc(SC[C@@H]2CCOCO2)n1C[C@H]1CCCO1)CCCC3. The molecular weight excluding hydrogens is 396 g/mol. The predicted molar refractivity (Wildman–Crippen MR) is 111 cm³/mol. The van der Waals surface area contributed by atoms with E-state index in [1.54, 1.807) is 23.1 Å². The first kappa shape index (κ1) is 19.1. The van der Waals surface area contributed by atoms with Crippen LogP contribution in [0.15, 0.2) is 9.95 Å². The van der Waals surface area contributed by atoms with Gasteiger partial charge in [0.25, 0.3) is 5.56 Å². The molecule has 2 fully saturated rings. The molecule has 0 saturated carbocycles. The number of aryl methyl sites for hydroxylation is 2. The van der Waals surface area contributed by atoms with Crippen molar-refractivity contribution in [1.29, 1.82) is 0 Å². The van der Waals surface area contributed by atoms with Crippen molar-refractivity contribution >= 4 is 33.3 Å². The number of rotatable bonds is 5. The van der Waals surface area contributed by atoms with E-state index in [2.05, 4.69) is 0 Å². The summed E-state index contributed by atoms with van der Waals surface area (Å²) in [6.07, 6.45) is 7.71. The molecule has 4 heterocycles. The zero-order valence-corrected chi connectivity index (χ0v) is 17.6. The van der Waals surface area contributed by atoms with Gasteiger partial charge in [-0.3, -0.25) is 9.36 Å². The van der Waals surface area contributed by atoms with E-state index in [0.29, 0.717) is 13.3 Å². The number of fused-ring (bicyclic) bond motifs is 3. The van der Waals surface area contributed by atoms with E-state index in [1.165, 1.54) is 23.3 Å². The number of hydrogen-bond acceptors (Lipinski definition) is 7. The van der Waals surface area contributed by atoms with Crippen molar-refractivity contribution in [2.24, 2.45) is 0 Å². The fourth-order valence-corrected chi connectivity index (χ4v) is 6.66. The maximum Gasteiger partial charge on any atom is 0.263 e. The van der Waals surface area contributed by atoms with Crippen molar-refractivity contribution in [2.45, 2.75) is 68.9 Å². The quantitative estimate of drug-likeness (QED) is 0.544. The lowest BCUT2D eigenvalue weighted by atomic mass is 9.97. The molecule has 0 unspecified atom stereocenters. The molecule has 2 aliphatic heterocycles. The fraction of sp³-hybridized carbons (Fsp3) is 0.700. The van der Waals surface area contributed by atoms with Crippen LogP contribution in [0.4, 0.5) is 0 Å². The second kappa shape index (κ2) is 8.44. The van der Waals surface area contributed by atoms with Crippen LogP contribution in [0.2, 0.25) is 0 Å². The summed E-state index contributed by atoms with van der Waals surface area (Å²) in [7, 11) is 0. The topological polar surface area (TPSA) is 62.6 Å². The van der Waals surface area contributed by atoms with Crippen LogP contribution in [0.3, 0.4) is 0 Å². The lowest BCUT2D eigenvalue weighted by Crippen LogP contribution is -2.30. The standard InChI is InChI=1S/C20H26N2O4S2/c23-19-17-15-5-1-2-6-16(15)28-18(17)21-20(22(19)10-13-4-3-8-25-13)27-11-14-7-9-24-12-26-14/h13-14H,1-12H2/t13-,14+/m1/s1. The summed E-state index contributed by atoms with van der Waals surface area (Å²) in [5, 5.41) is 1.67. The van der Waals surface area contributed by atoms with Gasteiger partial charge in [-0.1, -0.05) is 11.8 Å². The average Bonchev–Trinajstić information content (AvgIpc) is 3.37. The van der Waals surface area contributed by atoms with E-state index in [4.69, 9.17) is 19.2 Å². The molecule has 1 aliphatic carbocycles. The van der Waals surface area contributed by atoms with Crippen molar-refractivity contribution < 1.29 is 14.2 Å².